The zero-order valence-electron chi connectivity index (χ0n) is 19.1. The summed E-state index contributed by atoms with van der Waals surface area (Å²) in [7, 11) is 0. The smallest absolute Gasteiger partial charge is 0.263 e. The maximum atomic E-state index is 13.4. The van der Waals surface area contributed by atoms with Crippen molar-refractivity contribution in [3.63, 3.8) is 0 Å². The highest BCUT2D eigenvalue weighted by atomic mass is 19.1. The van der Waals surface area contributed by atoms with E-state index in [1.165, 1.54) is 28.8 Å². The predicted octanol–water partition coefficient (Wildman–Crippen LogP) is 4.53. The summed E-state index contributed by atoms with van der Waals surface area (Å²) in [5, 5.41) is 5.48. The van der Waals surface area contributed by atoms with Gasteiger partial charge in [-0.3, -0.25) is 14.4 Å². The van der Waals surface area contributed by atoms with E-state index in [-0.39, 0.29) is 23.2 Å². The van der Waals surface area contributed by atoms with Gasteiger partial charge in [-0.25, -0.2) is 4.39 Å². The number of halogens is 1. The lowest BCUT2D eigenvalue weighted by Gasteiger charge is -2.11. The normalized spacial score (nSPS) is 10.6. The van der Waals surface area contributed by atoms with Crippen LogP contribution in [0.2, 0.25) is 0 Å². The summed E-state index contributed by atoms with van der Waals surface area (Å²) in [6.07, 6.45) is 1.66. The molecule has 0 spiro atoms. The van der Waals surface area contributed by atoms with Gasteiger partial charge < -0.3 is 15.2 Å². The molecule has 35 heavy (non-hydrogen) atoms. The first kappa shape index (κ1) is 23.6. The Morgan fingerprint density at radius 2 is 1.63 bits per heavy atom. The van der Waals surface area contributed by atoms with Crippen molar-refractivity contribution in [3.8, 4) is 0 Å². The highest BCUT2D eigenvalue weighted by Gasteiger charge is 2.13. The van der Waals surface area contributed by atoms with Gasteiger partial charge in [0.1, 0.15) is 11.4 Å². The number of amides is 2. The highest BCUT2D eigenvalue weighted by Crippen LogP contribution is 2.13. The Balaban J connectivity index is 1.41. The molecule has 4 rings (SSSR count). The van der Waals surface area contributed by atoms with Crippen LogP contribution in [0.15, 0.2) is 95.9 Å². The number of benzene rings is 3. The minimum atomic E-state index is -0.493. The van der Waals surface area contributed by atoms with E-state index in [0.717, 1.165) is 22.8 Å². The first-order valence-electron chi connectivity index (χ1n) is 11.1. The molecule has 7 heteroatoms. The second kappa shape index (κ2) is 10.6. The molecule has 0 aliphatic carbocycles. The summed E-state index contributed by atoms with van der Waals surface area (Å²) in [5.41, 5.74) is 3.19. The molecule has 0 aliphatic rings. The van der Waals surface area contributed by atoms with Gasteiger partial charge in [0.2, 0.25) is 0 Å². The number of nitrogens with zero attached hydrogens (tertiary/aromatic N) is 1. The fourth-order valence-electron chi connectivity index (χ4n) is 3.71. The van der Waals surface area contributed by atoms with Gasteiger partial charge in [-0.1, -0.05) is 48.0 Å². The van der Waals surface area contributed by atoms with E-state index in [1.54, 1.807) is 36.5 Å². The molecule has 3 aromatic carbocycles. The molecule has 1 aromatic heterocycles. The van der Waals surface area contributed by atoms with Crippen LogP contribution < -0.4 is 16.2 Å². The van der Waals surface area contributed by atoms with Crippen LogP contribution >= 0.6 is 0 Å². The first-order valence-corrected chi connectivity index (χ1v) is 11.1. The van der Waals surface area contributed by atoms with Gasteiger partial charge in [-0.05, 0) is 60.5 Å². The van der Waals surface area contributed by atoms with Gasteiger partial charge in [0.25, 0.3) is 17.4 Å². The van der Waals surface area contributed by atoms with E-state index in [0.29, 0.717) is 12.2 Å². The maximum Gasteiger partial charge on any atom is 0.263 e. The molecule has 176 valence electrons. The molecule has 0 atom stereocenters. The number of anilines is 1. The van der Waals surface area contributed by atoms with Crippen molar-refractivity contribution in [2.45, 2.75) is 20.0 Å². The van der Waals surface area contributed by atoms with Crippen LogP contribution in [-0.4, -0.2) is 16.4 Å². The predicted molar refractivity (Wildman–Crippen MR) is 133 cm³/mol. The number of aromatic nitrogens is 1. The number of carbonyl (C=O) groups is 2. The molecule has 1 heterocycles. The van der Waals surface area contributed by atoms with Gasteiger partial charge in [0, 0.05) is 24.0 Å². The first-order chi connectivity index (χ1) is 16.9. The van der Waals surface area contributed by atoms with Gasteiger partial charge in [0.05, 0.1) is 6.54 Å². The average Bonchev–Trinajstić information content (AvgIpc) is 2.84. The zero-order valence-corrected chi connectivity index (χ0v) is 19.1. The van der Waals surface area contributed by atoms with Gasteiger partial charge >= 0.3 is 0 Å². The molecule has 0 saturated heterocycles. The third-order valence-electron chi connectivity index (χ3n) is 5.42. The average molecular weight is 470 g/mol. The second-order valence-corrected chi connectivity index (χ2v) is 8.19. The molecule has 2 N–H and O–H groups in total. The molecule has 2 amide bonds. The lowest BCUT2D eigenvalue weighted by atomic mass is 10.1. The molecular formula is C28H24FN3O3. The van der Waals surface area contributed by atoms with Gasteiger partial charge in [-0.2, -0.15) is 0 Å². The van der Waals surface area contributed by atoms with E-state index in [4.69, 9.17) is 0 Å². The number of nitrogens with one attached hydrogen (secondary N) is 2. The summed E-state index contributed by atoms with van der Waals surface area (Å²) in [6, 6.07) is 23.4. The van der Waals surface area contributed by atoms with Crippen LogP contribution in [0.5, 0.6) is 0 Å². The van der Waals surface area contributed by atoms with Crippen LogP contribution in [0.1, 0.15) is 37.4 Å². The second-order valence-electron chi connectivity index (χ2n) is 8.19. The summed E-state index contributed by atoms with van der Waals surface area (Å²) in [6.45, 7) is 2.52. The molecule has 0 radical (unpaired) electrons. The number of rotatable bonds is 7. The molecule has 0 saturated carbocycles. The Morgan fingerprint density at radius 1 is 0.857 bits per heavy atom. The topological polar surface area (TPSA) is 80.2 Å². The molecule has 4 aromatic rings. The Hall–Kier alpha value is -4.52. The van der Waals surface area contributed by atoms with Crippen molar-refractivity contribution in [2.75, 3.05) is 5.32 Å². The van der Waals surface area contributed by atoms with Gasteiger partial charge in [-0.15, -0.1) is 0 Å². The lowest BCUT2D eigenvalue weighted by molar-refractivity contribution is 0.0947. The van der Waals surface area contributed by atoms with Crippen LogP contribution in [0.4, 0.5) is 10.1 Å². The van der Waals surface area contributed by atoms with Crippen LogP contribution in [0, 0.1) is 12.7 Å². The standard InChI is InChI=1S/C28H24FN3O3/c1-19-6-2-8-21(14-19)18-32-13-5-12-25(28(32)35)27(34)30-17-20-7-3-11-24(15-20)31-26(33)22-9-4-10-23(29)16-22/h2-16H,17-18H2,1H3,(H,30,34)(H,31,33). The number of aryl methyl sites for hydroxylation is 1. The van der Waals surface area contributed by atoms with Crippen molar-refractivity contribution < 1.29 is 14.0 Å². The molecule has 0 aliphatic heterocycles. The third-order valence-corrected chi connectivity index (χ3v) is 5.42. The number of pyridine rings is 1. The third kappa shape index (κ3) is 6.09. The van der Waals surface area contributed by atoms with E-state index in [1.807, 2.05) is 31.2 Å². The van der Waals surface area contributed by atoms with Crippen LogP contribution in [0.3, 0.4) is 0 Å². The molecular weight excluding hydrogens is 445 g/mol. The SMILES string of the molecule is Cc1cccc(Cn2cccc(C(=O)NCc3cccc(NC(=O)c4cccc(F)c4)c3)c2=O)c1. The summed E-state index contributed by atoms with van der Waals surface area (Å²) >= 11 is 0. The fourth-order valence-corrected chi connectivity index (χ4v) is 3.71. The van der Waals surface area contributed by atoms with Crippen molar-refractivity contribution in [2.24, 2.45) is 0 Å². The van der Waals surface area contributed by atoms with E-state index < -0.39 is 17.6 Å². The van der Waals surface area contributed by atoms with E-state index in [9.17, 15) is 18.8 Å². The highest BCUT2D eigenvalue weighted by molar-refractivity contribution is 6.04. The van der Waals surface area contributed by atoms with Crippen molar-refractivity contribution >= 4 is 17.5 Å². The van der Waals surface area contributed by atoms with Crippen LogP contribution in [-0.2, 0) is 13.1 Å². The monoisotopic (exact) mass is 469 g/mol. The number of hydrogen-bond donors (Lipinski definition) is 2. The molecule has 6 nitrogen and oxygen atoms in total. The minimum Gasteiger partial charge on any atom is -0.348 e. The fraction of sp³-hybridized carbons (Fsp3) is 0.107. The van der Waals surface area contributed by atoms with E-state index >= 15 is 0 Å². The zero-order chi connectivity index (χ0) is 24.8. The van der Waals surface area contributed by atoms with Crippen molar-refractivity contribution in [3.05, 3.63) is 135 Å². The Morgan fingerprint density at radius 3 is 2.43 bits per heavy atom. The molecule has 0 bridgehead atoms. The largest absolute Gasteiger partial charge is 0.348 e. The summed E-state index contributed by atoms with van der Waals surface area (Å²) < 4.78 is 14.9. The molecule has 0 unspecified atom stereocenters. The Labute approximate surface area is 202 Å². The maximum absolute atomic E-state index is 13.4. The summed E-state index contributed by atoms with van der Waals surface area (Å²) in [5.74, 6) is -1.42. The van der Waals surface area contributed by atoms with Crippen LogP contribution in [0.25, 0.3) is 0 Å². The quantitative estimate of drug-likeness (QED) is 0.418. The number of carbonyl (C=O) groups excluding carboxylic acids is 2. The Kier molecular flexibility index (Phi) is 7.16. The van der Waals surface area contributed by atoms with E-state index in [2.05, 4.69) is 10.6 Å². The lowest BCUT2D eigenvalue weighted by Crippen LogP contribution is -2.32. The van der Waals surface area contributed by atoms with Gasteiger partial charge in [0.15, 0.2) is 0 Å². The summed E-state index contributed by atoms with van der Waals surface area (Å²) in [4.78, 5) is 38.0. The Bertz CT molecular complexity index is 1450. The van der Waals surface area contributed by atoms with Crippen molar-refractivity contribution in [1.29, 1.82) is 0 Å². The number of hydrogen-bond acceptors (Lipinski definition) is 3. The van der Waals surface area contributed by atoms with Crippen molar-refractivity contribution in [1.82, 2.24) is 9.88 Å². The minimum absolute atomic E-state index is 0.0516. The molecule has 0 fully saturated rings.